The molecule has 1 heterocycles. The number of pyridine rings is 1. The number of nitrogens with zero attached hydrogens (tertiary/aromatic N) is 1. The zero-order valence-electron chi connectivity index (χ0n) is 13.4. The quantitative estimate of drug-likeness (QED) is 0.659. The molecular weight excluding hydrogens is 305 g/mol. The second kappa shape index (κ2) is 6.62. The molecule has 3 aromatic rings. The number of ether oxygens (including phenoxy) is 1. The van der Waals surface area contributed by atoms with Crippen molar-refractivity contribution in [2.75, 3.05) is 7.11 Å². The highest BCUT2D eigenvalue weighted by Crippen LogP contribution is 2.26. The molecular formula is C20H16FNO2. The summed E-state index contributed by atoms with van der Waals surface area (Å²) in [5.41, 5.74) is 4.30. The Morgan fingerprint density at radius 1 is 0.958 bits per heavy atom. The lowest BCUT2D eigenvalue weighted by Gasteiger charge is -2.07. The molecule has 0 atom stereocenters. The van der Waals surface area contributed by atoms with Crippen LogP contribution in [0.5, 0.6) is 0 Å². The van der Waals surface area contributed by atoms with E-state index in [0.29, 0.717) is 11.3 Å². The van der Waals surface area contributed by atoms with Gasteiger partial charge in [-0.15, -0.1) is 0 Å². The van der Waals surface area contributed by atoms with Crippen LogP contribution in [0.2, 0.25) is 0 Å². The van der Waals surface area contributed by atoms with E-state index in [1.54, 1.807) is 25.3 Å². The van der Waals surface area contributed by atoms with E-state index in [1.807, 2.05) is 36.4 Å². The zero-order valence-corrected chi connectivity index (χ0v) is 13.4. The summed E-state index contributed by atoms with van der Waals surface area (Å²) in [5.74, 6) is -0.692. The van der Waals surface area contributed by atoms with Crippen LogP contribution in [-0.2, 0) is 4.74 Å². The third-order valence-electron chi connectivity index (χ3n) is 3.78. The third kappa shape index (κ3) is 3.18. The summed E-state index contributed by atoms with van der Waals surface area (Å²) < 4.78 is 18.7. The summed E-state index contributed by atoms with van der Waals surface area (Å²) in [6.45, 7) is 1.81. The number of aryl methyl sites for hydroxylation is 1. The number of benzene rings is 2. The van der Waals surface area contributed by atoms with Gasteiger partial charge in [0.2, 0.25) is 0 Å². The molecule has 4 heteroatoms. The summed E-state index contributed by atoms with van der Waals surface area (Å²) in [6.07, 6.45) is 1.65. The maximum Gasteiger partial charge on any atom is 0.337 e. The summed E-state index contributed by atoms with van der Waals surface area (Å²) >= 11 is 0. The van der Waals surface area contributed by atoms with Crippen LogP contribution >= 0.6 is 0 Å². The molecule has 0 radical (unpaired) electrons. The first-order valence-electron chi connectivity index (χ1n) is 7.50. The molecule has 0 fully saturated rings. The van der Waals surface area contributed by atoms with Gasteiger partial charge in [-0.3, -0.25) is 4.98 Å². The van der Waals surface area contributed by atoms with Crippen LogP contribution in [0.4, 0.5) is 4.39 Å². The van der Waals surface area contributed by atoms with Gasteiger partial charge in [0.05, 0.1) is 12.7 Å². The smallest absolute Gasteiger partial charge is 0.337 e. The fourth-order valence-electron chi connectivity index (χ4n) is 2.48. The topological polar surface area (TPSA) is 39.2 Å². The Bertz CT molecular complexity index is 871. The maximum absolute atomic E-state index is 14.0. The van der Waals surface area contributed by atoms with Crippen molar-refractivity contribution in [1.82, 2.24) is 4.98 Å². The molecule has 3 rings (SSSR count). The van der Waals surface area contributed by atoms with Crippen LogP contribution < -0.4 is 0 Å². The van der Waals surface area contributed by atoms with Crippen LogP contribution in [0.15, 0.2) is 60.8 Å². The first kappa shape index (κ1) is 15.9. The number of carbonyl (C=O) groups is 1. The summed E-state index contributed by atoms with van der Waals surface area (Å²) in [5, 5.41) is 0. The predicted octanol–water partition coefficient (Wildman–Crippen LogP) is 4.65. The van der Waals surface area contributed by atoms with Gasteiger partial charge in [-0.2, -0.15) is 0 Å². The molecule has 0 bridgehead atoms. The monoisotopic (exact) mass is 321 g/mol. The van der Waals surface area contributed by atoms with Crippen LogP contribution in [0.1, 0.15) is 15.9 Å². The van der Waals surface area contributed by atoms with E-state index in [4.69, 9.17) is 0 Å². The highest BCUT2D eigenvalue weighted by Gasteiger charge is 2.08. The van der Waals surface area contributed by atoms with E-state index in [1.165, 1.54) is 13.2 Å². The molecule has 0 saturated carbocycles. The Hall–Kier alpha value is -3.01. The average Bonchev–Trinajstić information content (AvgIpc) is 2.61. The van der Waals surface area contributed by atoms with Crippen molar-refractivity contribution in [1.29, 1.82) is 0 Å². The Morgan fingerprint density at radius 3 is 2.04 bits per heavy atom. The van der Waals surface area contributed by atoms with Gasteiger partial charge in [-0.05, 0) is 41.8 Å². The minimum atomic E-state index is -0.363. The molecule has 0 N–H and O–H groups in total. The van der Waals surface area contributed by atoms with E-state index < -0.39 is 0 Å². The van der Waals surface area contributed by atoms with Crippen molar-refractivity contribution in [3.8, 4) is 22.4 Å². The van der Waals surface area contributed by atoms with Gasteiger partial charge in [0.25, 0.3) is 0 Å². The van der Waals surface area contributed by atoms with Gasteiger partial charge in [0.1, 0.15) is 11.5 Å². The highest BCUT2D eigenvalue weighted by atomic mass is 19.1. The number of rotatable bonds is 3. The normalized spacial score (nSPS) is 10.5. The minimum Gasteiger partial charge on any atom is -0.465 e. The van der Waals surface area contributed by atoms with Gasteiger partial charge >= 0.3 is 5.97 Å². The molecule has 0 aliphatic rings. The Kier molecular flexibility index (Phi) is 4.38. The Labute approximate surface area is 139 Å². The summed E-state index contributed by atoms with van der Waals surface area (Å²) in [4.78, 5) is 15.6. The van der Waals surface area contributed by atoms with Gasteiger partial charge in [0.15, 0.2) is 0 Å². The first-order chi connectivity index (χ1) is 11.6. The number of methoxy groups -OCH3 is 1. The fraction of sp³-hybridized carbons (Fsp3) is 0.100. The van der Waals surface area contributed by atoms with Crippen molar-refractivity contribution in [2.24, 2.45) is 0 Å². The van der Waals surface area contributed by atoms with Crippen LogP contribution in [-0.4, -0.2) is 18.1 Å². The van der Waals surface area contributed by atoms with Gasteiger partial charge < -0.3 is 4.74 Å². The second-order valence-corrected chi connectivity index (χ2v) is 5.49. The maximum atomic E-state index is 14.0. The molecule has 0 aliphatic heterocycles. The van der Waals surface area contributed by atoms with Crippen LogP contribution in [0.3, 0.4) is 0 Å². The first-order valence-corrected chi connectivity index (χ1v) is 7.50. The van der Waals surface area contributed by atoms with Gasteiger partial charge in [-0.1, -0.05) is 36.4 Å². The number of halogens is 1. The number of hydrogen-bond donors (Lipinski definition) is 0. The average molecular weight is 321 g/mol. The second-order valence-electron chi connectivity index (χ2n) is 5.49. The molecule has 3 nitrogen and oxygen atoms in total. The lowest BCUT2D eigenvalue weighted by atomic mass is 10.0. The molecule has 120 valence electrons. The highest BCUT2D eigenvalue weighted by molar-refractivity contribution is 5.90. The van der Waals surface area contributed by atoms with Crippen molar-refractivity contribution in [3.63, 3.8) is 0 Å². The Balaban J connectivity index is 1.88. The molecule has 0 spiro atoms. The number of aromatic nitrogens is 1. The molecule has 2 aromatic carbocycles. The number of carbonyl (C=O) groups excluding carboxylic acids is 1. The largest absolute Gasteiger partial charge is 0.465 e. The van der Waals surface area contributed by atoms with Crippen LogP contribution in [0.25, 0.3) is 22.4 Å². The van der Waals surface area contributed by atoms with E-state index in [9.17, 15) is 9.18 Å². The lowest BCUT2D eigenvalue weighted by molar-refractivity contribution is 0.0601. The molecule has 0 aliphatic carbocycles. The molecule has 1 aromatic heterocycles. The van der Waals surface area contributed by atoms with Gasteiger partial charge in [-0.25, -0.2) is 9.18 Å². The number of hydrogen-bond acceptors (Lipinski definition) is 3. The summed E-state index contributed by atoms with van der Waals surface area (Å²) in [6, 6.07) is 16.1. The van der Waals surface area contributed by atoms with Crippen molar-refractivity contribution < 1.29 is 13.9 Å². The Morgan fingerprint density at radius 2 is 1.50 bits per heavy atom. The fourth-order valence-corrected chi connectivity index (χ4v) is 2.48. The van der Waals surface area contributed by atoms with E-state index in [0.717, 1.165) is 22.3 Å². The predicted molar refractivity (Wildman–Crippen MR) is 91.1 cm³/mol. The standard InChI is InChI=1S/C20H16FNO2/c1-13-11-18(21)19(22-12-13)16-7-3-14(4-8-16)15-5-9-17(10-6-15)20(23)24-2/h3-12H,1-2H3. The van der Waals surface area contributed by atoms with Crippen molar-refractivity contribution in [3.05, 3.63) is 77.7 Å². The van der Waals surface area contributed by atoms with Gasteiger partial charge in [0, 0.05) is 11.8 Å². The van der Waals surface area contributed by atoms with E-state index in [-0.39, 0.29) is 11.8 Å². The van der Waals surface area contributed by atoms with Crippen molar-refractivity contribution >= 4 is 5.97 Å². The van der Waals surface area contributed by atoms with E-state index in [2.05, 4.69) is 9.72 Å². The minimum absolute atomic E-state index is 0.329. The van der Waals surface area contributed by atoms with E-state index >= 15 is 0 Å². The molecule has 0 unspecified atom stereocenters. The zero-order chi connectivity index (χ0) is 17.1. The molecule has 0 saturated heterocycles. The lowest BCUT2D eigenvalue weighted by Crippen LogP contribution is -2.00. The molecule has 24 heavy (non-hydrogen) atoms. The number of esters is 1. The SMILES string of the molecule is COC(=O)c1ccc(-c2ccc(-c3ncc(C)cc3F)cc2)cc1. The molecule has 0 amide bonds. The van der Waals surface area contributed by atoms with Crippen molar-refractivity contribution in [2.45, 2.75) is 6.92 Å². The van der Waals surface area contributed by atoms with Crippen LogP contribution in [0, 0.1) is 12.7 Å². The third-order valence-corrected chi connectivity index (χ3v) is 3.78. The summed E-state index contributed by atoms with van der Waals surface area (Å²) in [7, 11) is 1.35.